The third-order valence-corrected chi connectivity index (χ3v) is 4.66. The normalized spacial score (nSPS) is 18.2. The first-order valence-electron chi connectivity index (χ1n) is 8.67. The Morgan fingerprint density at radius 1 is 1.32 bits per heavy atom. The van der Waals surface area contributed by atoms with Crippen molar-refractivity contribution in [3.63, 3.8) is 0 Å². The quantitative estimate of drug-likeness (QED) is 0.864. The average Bonchev–Trinajstić information content (AvgIpc) is 2.92. The fourth-order valence-corrected chi connectivity index (χ4v) is 3.25. The first kappa shape index (κ1) is 17.9. The third-order valence-electron chi connectivity index (χ3n) is 4.66. The van der Waals surface area contributed by atoms with Crippen LogP contribution in [0.4, 0.5) is 0 Å². The van der Waals surface area contributed by atoms with Crippen LogP contribution in [0.5, 0.6) is 0 Å². The molecule has 0 radical (unpaired) electrons. The van der Waals surface area contributed by atoms with Gasteiger partial charge in [0.05, 0.1) is 18.8 Å². The van der Waals surface area contributed by atoms with E-state index in [-0.39, 0.29) is 12.5 Å². The number of nitrogens with zero attached hydrogens (tertiary/aromatic N) is 1. The van der Waals surface area contributed by atoms with Gasteiger partial charge in [0.15, 0.2) is 5.76 Å². The van der Waals surface area contributed by atoms with Gasteiger partial charge >= 0.3 is 0 Å². The van der Waals surface area contributed by atoms with Gasteiger partial charge in [0.25, 0.3) is 5.91 Å². The summed E-state index contributed by atoms with van der Waals surface area (Å²) in [4.78, 5) is 14.7. The maximum absolute atomic E-state index is 12.5. The molecule has 0 saturated carbocycles. The fraction of sp³-hybridized carbons (Fsp3) is 0.526. The molecule has 1 unspecified atom stereocenters. The molecule has 1 fully saturated rings. The Morgan fingerprint density at radius 2 is 2.04 bits per heavy atom. The molecule has 0 aliphatic carbocycles. The standard InChI is InChI=1S/C19H26N2O4/c1-13-5-4-6-15-14(2)17(25-16(13)15)18(22)20-11-19(3,23)12-21-7-9-24-10-8-21/h4-6,23H,7-12H2,1-3H3,(H,20,22). The molecule has 6 heteroatoms. The van der Waals surface area contributed by atoms with Crippen LogP contribution in [0.3, 0.4) is 0 Å². The summed E-state index contributed by atoms with van der Waals surface area (Å²) in [5.41, 5.74) is 1.55. The lowest BCUT2D eigenvalue weighted by Crippen LogP contribution is -2.51. The molecule has 1 atom stereocenters. The minimum absolute atomic E-state index is 0.165. The van der Waals surface area contributed by atoms with E-state index in [1.165, 1.54) is 0 Å². The number of morpholine rings is 1. The number of carbonyl (C=O) groups is 1. The molecular weight excluding hydrogens is 320 g/mol. The van der Waals surface area contributed by atoms with Crippen molar-refractivity contribution in [3.8, 4) is 0 Å². The Balaban J connectivity index is 1.66. The molecule has 1 saturated heterocycles. The number of carbonyl (C=O) groups excluding carboxylic acids is 1. The van der Waals surface area contributed by atoms with Gasteiger partial charge in [-0.2, -0.15) is 0 Å². The summed E-state index contributed by atoms with van der Waals surface area (Å²) in [6.45, 7) is 9.19. The average molecular weight is 346 g/mol. The predicted octanol–water partition coefficient (Wildman–Crippen LogP) is 1.86. The van der Waals surface area contributed by atoms with Crippen LogP contribution in [0.2, 0.25) is 0 Å². The molecule has 1 aromatic carbocycles. The number of benzene rings is 1. The van der Waals surface area contributed by atoms with Crippen LogP contribution in [0.1, 0.15) is 28.6 Å². The maximum Gasteiger partial charge on any atom is 0.287 e. The van der Waals surface area contributed by atoms with E-state index < -0.39 is 5.60 Å². The molecule has 3 rings (SSSR count). The Labute approximate surface area is 147 Å². The Hall–Kier alpha value is -1.89. The zero-order chi connectivity index (χ0) is 18.0. The van der Waals surface area contributed by atoms with E-state index in [9.17, 15) is 9.90 Å². The van der Waals surface area contributed by atoms with Crippen molar-refractivity contribution >= 4 is 16.9 Å². The van der Waals surface area contributed by atoms with Crippen molar-refractivity contribution in [1.29, 1.82) is 0 Å². The monoisotopic (exact) mass is 346 g/mol. The summed E-state index contributed by atoms with van der Waals surface area (Å²) in [5, 5.41) is 14.3. The molecule has 1 aliphatic heterocycles. The first-order valence-corrected chi connectivity index (χ1v) is 8.67. The molecular formula is C19H26N2O4. The van der Waals surface area contributed by atoms with Crippen LogP contribution < -0.4 is 5.32 Å². The van der Waals surface area contributed by atoms with Gasteiger partial charge in [-0.3, -0.25) is 9.69 Å². The van der Waals surface area contributed by atoms with E-state index in [2.05, 4.69) is 10.2 Å². The van der Waals surface area contributed by atoms with Crippen molar-refractivity contribution in [2.24, 2.45) is 0 Å². The van der Waals surface area contributed by atoms with Crippen molar-refractivity contribution in [3.05, 3.63) is 35.1 Å². The summed E-state index contributed by atoms with van der Waals surface area (Å²) in [5.74, 6) is 0.0156. The highest BCUT2D eigenvalue weighted by atomic mass is 16.5. The van der Waals surface area contributed by atoms with E-state index in [1.54, 1.807) is 6.92 Å². The van der Waals surface area contributed by atoms with Crippen LogP contribution in [0.25, 0.3) is 11.0 Å². The highest BCUT2D eigenvalue weighted by Crippen LogP contribution is 2.27. The van der Waals surface area contributed by atoms with Gasteiger partial charge in [-0.05, 0) is 26.3 Å². The van der Waals surface area contributed by atoms with Gasteiger partial charge in [0, 0.05) is 37.1 Å². The molecule has 2 N–H and O–H groups in total. The van der Waals surface area contributed by atoms with Gasteiger partial charge in [-0.1, -0.05) is 18.2 Å². The van der Waals surface area contributed by atoms with Crippen molar-refractivity contribution < 1.29 is 19.1 Å². The number of fused-ring (bicyclic) bond motifs is 1. The van der Waals surface area contributed by atoms with Crippen molar-refractivity contribution in [2.45, 2.75) is 26.4 Å². The summed E-state index contributed by atoms with van der Waals surface area (Å²) < 4.78 is 11.1. The number of para-hydroxylation sites is 1. The molecule has 0 spiro atoms. The number of ether oxygens (including phenoxy) is 1. The van der Waals surface area contributed by atoms with Gasteiger partial charge in [-0.25, -0.2) is 0 Å². The minimum atomic E-state index is -1.01. The zero-order valence-electron chi connectivity index (χ0n) is 15.1. The first-order chi connectivity index (χ1) is 11.9. The van der Waals surface area contributed by atoms with Gasteiger partial charge in [0.2, 0.25) is 0 Å². The topological polar surface area (TPSA) is 74.9 Å². The van der Waals surface area contributed by atoms with Crippen LogP contribution in [-0.4, -0.2) is 60.9 Å². The SMILES string of the molecule is Cc1c(C(=O)NCC(C)(O)CN2CCOCC2)oc2c(C)cccc12. The number of furan rings is 1. The van der Waals surface area contributed by atoms with E-state index in [0.717, 1.165) is 35.2 Å². The molecule has 2 aromatic rings. The number of aliphatic hydroxyl groups is 1. The predicted molar refractivity (Wildman–Crippen MR) is 95.9 cm³/mol. The molecule has 25 heavy (non-hydrogen) atoms. The second-order valence-corrected chi connectivity index (χ2v) is 7.08. The molecule has 2 heterocycles. The number of hydrogen-bond acceptors (Lipinski definition) is 5. The minimum Gasteiger partial charge on any atom is -0.450 e. The van der Waals surface area contributed by atoms with Gasteiger partial charge < -0.3 is 19.6 Å². The van der Waals surface area contributed by atoms with E-state index in [1.807, 2.05) is 32.0 Å². The van der Waals surface area contributed by atoms with Crippen LogP contribution in [0.15, 0.2) is 22.6 Å². The number of nitrogens with one attached hydrogen (secondary N) is 1. The molecule has 1 aromatic heterocycles. The zero-order valence-corrected chi connectivity index (χ0v) is 15.1. The number of rotatable bonds is 5. The summed E-state index contributed by atoms with van der Waals surface area (Å²) in [7, 11) is 0. The van der Waals surface area contributed by atoms with Crippen molar-refractivity contribution in [1.82, 2.24) is 10.2 Å². The second kappa shape index (κ2) is 7.15. The summed E-state index contributed by atoms with van der Waals surface area (Å²) in [6, 6.07) is 5.86. The molecule has 6 nitrogen and oxygen atoms in total. The molecule has 136 valence electrons. The highest BCUT2D eigenvalue weighted by molar-refractivity contribution is 5.99. The Bertz CT molecular complexity index is 760. The summed E-state index contributed by atoms with van der Waals surface area (Å²) >= 11 is 0. The van der Waals surface area contributed by atoms with Crippen LogP contribution in [-0.2, 0) is 4.74 Å². The van der Waals surface area contributed by atoms with Crippen molar-refractivity contribution in [2.75, 3.05) is 39.4 Å². The third kappa shape index (κ3) is 4.03. The highest BCUT2D eigenvalue weighted by Gasteiger charge is 2.27. The molecule has 1 amide bonds. The lowest BCUT2D eigenvalue weighted by molar-refractivity contribution is -0.0213. The van der Waals surface area contributed by atoms with E-state index >= 15 is 0 Å². The van der Waals surface area contributed by atoms with E-state index in [0.29, 0.717) is 25.5 Å². The number of aryl methyl sites for hydroxylation is 2. The maximum atomic E-state index is 12.5. The van der Waals surface area contributed by atoms with Gasteiger partial charge in [0.1, 0.15) is 5.58 Å². The second-order valence-electron chi connectivity index (χ2n) is 7.08. The molecule has 1 aliphatic rings. The smallest absolute Gasteiger partial charge is 0.287 e. The van der Waals surface area contributed by atoms with E-state index in [4.69, 9.17) is 9.15 Å². The number of amides is 1. The lowest BCUT2D eigenvalue weighted by atomic mass is 10.1. The summed E-state index contributed by atoms with van der Waals surface area (Å²) in [6.07, 6.45) is 0. The Morgan fingerprint density at radius 3 is 2.72 bits per heavy atom. The van der Waals surface area contributed by atoms with Gasteiger partial charge in [-0.15, -0.1) is 0 Å². The van der Waals surface area contributed by atoms with Crippen LogP contribution >= 0.6 is 0 Å². The largest absolute Gasteiger partial charge is 0.450 e. The molecule has 0 bridgehead atoms. The Kier molecular flexibility index (Phi) is 5.13. The van der Waals surface area contributed by atoms with Crippen LogP contribution in [0, 0.1) is 13.8 Å². The fourth-order valence-electron chi connectivity index (χ4n) is 3.25. The number of β-amino-alcohol motifs (C(OH)–C–C–N with tert-alkyl or cyclic N) is 1. The number of hydrogen-bond donors (Lipinski definition) is 2. The lowest BCUT2D eigenvalue weighted by Gasteiger charge is -2.33.